The number of nitrogens with zero attached hydrogens (tertiary/aromatic N) is 1. The Hall–Kier alpha value is -1.26. The molecule has 0 aromatic heterocycles. The first-order valence-electron chi connectivity index (χ1n) is 4.98. The molecule has 4 N–H and O–H groups in total. The highest BCUT2D eigenvalue weighted by atomic mass is 16.4. The molecule has 0 aliphatic carbocycles. The predicted molar refractivity (Wildman–Crippen MR) is 59.6 cm³/mol. The summed E-state index contributed by atoms with van der Waals surface area (Å²) in [7, 11) is 0. The Labute approximate surface area is 90.7 Å². The number of rotatable bonds is 3. The van der Waals surface area contributed by atoms with Gasteiger partial charge in [-0.05, 0) is 19.3 Å². The van der Waals surface area contributed by atoms with Crippen LogP contribution in [0.4, 0.5) is 0 Å². The lowest BCUT2D eigenvalue weighted by Gasteiger charge is -2.29. The summed E-state index contributed by atoms with van der Waals surface area (Å²) in [4.78, 5) is 11.6. The van der Waals surface area contributed by atoms with Gasteiger partial charge >= 0.3 is 0 Å². The number of amides is 1. The highest BCUT2D eigenvalue weighted by molar-refractivity contribution is 6.01. The van der Waals surface area contributed by atoms with Crippen molar-refractivity contribution in [2.24, 2.45) is 22.2 Å². The first kappa shape index (κ1) is 13.7. The minimum Gasteiger partial charge on any atom is -0.409 e. The van der Waals surface area contributed by atoms with Crippen LogP contribution in [0.3, 0.4) is 0 Å². The molecule has 0 aliphatic rings. The van der Waals surface area contributed by atoms with Gasteiger partial charge in [-0.15, -0.1) is 0 Å². The molecule has 0 bridgehead atoms. The third-order valence-corrected chi connectivity index (χ3v) is 2.61. The lowest BCUT2D eigenvalue weighted by atomic mass is 9.88. The van der Waals surface area contributed by atoms with Crippen LogP contribution in [0.5, 0.6) is 0 Å². The van der Waals surface area contributed by atoms with Crippen LogP contribution in [-0.2, 0) is 4.79 Å². The van der Waals surface area contributed by atoms with Crippen molar-refractivity contribution in [3.63, 3.8) is 0 Å². The molecular weight excluding hydrogens is 194 g/mol. The zero-order chi connectivity index (χ0) is 12.2. The van der Waals surface area contributed by atoms with Crippen molar-refractivity contribution in [1.82, 2.24) is 5.32 Å². The monoisotopic (exact) mass is 215 g/mol. The molecule has 2 unspecified atom stereocenters. The minimum atomic E-state index is -0.611. The van der Waals surface area contributed by atoms with E-state index in [4.69, 9.17) is 10.9 Å². The Bertz CT molecular complexity index is 256. The maximum atomic E-state index is 11.6. The summed E-state index contributed by atoms with van der Waals surface area (Å²) >= 11 is 0. The van der Waals surface area contributed by atoms with Crippen LogP contribution in [0, 0.1) is 11.3 Å². The third-order valence-electron chi connectivity index (χ3n) is 2.61. The molecule has 5 heteroatoms. The molecule has 15 heavy (non-hydrogen) atoms. The average Bonchev–Trinajstić information content (AvgIpc) is 2.13. The van der Waals surface area contributed by atoms with Crippen molar-refractivity contribution in [3.05, 3.63) is 0 Å². The summed E-state index contributed by atoms with van der Waals surface area (Å²) in [6, 6.07) is 0.0268. The smallest absolute Gasteiger partial charge is 0.230 e. The summed E-state index contributed by atoms with van der Waals surface area (Å²) in [6.45, 7) is 9.63. The van der Waals surface area contributed by atoms with Crippen molar-refractivity contribution < 1.29 is 10.0 Å². The maximum Gasteiger partial charge on any atom is 0.230 e. The van der Waals surface area contributed by atoms with E-state index in [1.54, 1.807) is 6.92 Å². The van der Waals surface area contributed by atoms with Crippen LogP contribution in [0.1, 0.15) is 34.6 Å². The largest absolute Gasteiger partial charge is 0.409 e. The van der Waals surface area contributed by atoms with Crippen LogP contribution >= 0.6 is 0 Å². The second kappa shape index (κ2) is 5.00. The van der Waals surface area contributed by atoms with Crippen LogP contribution < -0.4 is 11.1 Å². The van der Waals surface area contributed by atoms with Gasteiger partial charge in [-0.25, -0.2) is 0 Å². The van der Waals surface area contributed by atoms with E-state index < -0.39 is 5.92 Å². The van der Waals surface area contributed by atoms with Crippen molar-refractivity contribution in [2.75, 3.05) is 0 Å². The molecule has 0 spiro atoms. The highest BCUT2D eigenvalue weighted by Gasteiger charge is 2.25. The molecule has 0 radical (unpaired) electrons. The summed E-state index contributed by atoms with van der Waals surface area (Å²) < 4.78 is 0. The fourth-order valence-electron chi connectivity index (χ4n) is 0.776. The van der Waals surface area contributed by atoms with E-state index in [0.29, 0.717) is 0 Å². The zero-order valence-electron chi connectivity index (χ0n) is 10.0. The summed E-state index contributed by atoms with van der Waals surface area (Å²) in [5, 5.41) is 14.1. The number of oxime groups is 1. The molecule has 0 heterocycles. The second-order valence-corrected chi connectivity index (χ2v) is 4.84. The van der Waals surface area contributed by atoms with Crippen LogP contribution in [0.15, 0.2) is 5.16 Å². The van der Waals surface area contributed by atoms with E-state index >= 15 is 0 Å². The van der Waals surface area contributed by atoms with Gasteiger partial charge in [-0.1, -0.05) is 25.9 Å². The highest BCUT2D eigenvalue weighted by Crippen LogP contribution is 2.18. The molecule has 5 nitrogen and oxygen atoms in total. The van der Waals surface area contributed by atoms with Gasteiger partial charge in [0.2, 0.25) is 5.91 Å². The summed E-state index contributed by atoms with van der Waals surface area (Å²) in [5.41, 5.74) is 5.33. The number of hydrogen-bond acceptors (Lipinski definition) is 3. The van der Waals surface area contributed by atoms with Gasteiger partial charge in [0.05, 0.1) is 5.92 Å². The first-order valence-corrected chi connectivity index (χ1v) is 4.98. The second-order valence-electron chi connectivity index (χ2n) is 4.84. The van der Waals surface area contributed by atoms with E-state index in [1.165, 1.54) is 0 Å². The van der Waals surface area contributed by atoms with Crippen molar-refractivity contribution >= 4 is 11.7 Å². The van der Waals surface area contributed by atoms with Crippen LogP contribution in [0.25, 0.3) is 0 Å². The van der Waals surface area contributed by atoms with Crippen molar-refractivity contribution in [3.8, 4) is 0 Å². The Morgan fingerprint density at radius 2 is 1.87 bits per heavy atom. The molecule has 0 aliphatic heterocycles. The standard InChI is InChI=1S/C10H21N3O2/c1-6(8(11)13-15)9(14)12-7(2)10(3,4)5/h6-7,15H,1-5H3,(H2,11,13)(H,12,14). The summed E-state index contributed by atoms with van der Waals surface area (Å²) in [6.07, 6.45) is 0. The molecule has 0 saturated carbocycles. The normalized spacial score (nSPS) is 17.0. The van der Waals surface area contributed by atoms with E-state index in [-0.39, 0.29) is 23.2 Å². The number of carbonyl (C=O) groups excluding carboxylic acids is 1. The topological polar surface area (TPSA) is 87.7 Å². The average molecular weight is 215 g/mol. The number of hydrogen-bond donors (Lipinski definition) is 3. The van der Waals surface area contributed by atoms with Crippen LogP contribution in [0.2, 0.25) is 0 Å². The number of carbonyl (C=O) groups is 1. The fourth-order valence-corrected chi connectivity index (χ4v) is 0.776. The molecule has 0 rings (SSSR count). The quantitative estimate of drug-likeness (QED) is 0.283. The Morgan fingerprint density at radius 1 is 1.40 bits per heavy atom. The Balaban J connectivity index is 4.39. The SMILES string of the molecule is CC(C(=O)NC(C)C(C)(C)C)C(N)=NO. The molecule has 0 saturated heterocycles. The number of nitrogens with two attached hydrogens (primary N) is 1. The summed E-state index contributed by atoms with van der Waals surface area (Å²) in [5.74, 6) is -0.916. The number of amidine groups is 1. The van der Waals surface area contributed by atoms with E-state index in [9.17, 15) is 4.79 Å². The molecular formula is C10H21N3O2. The van der Waals surface area contributed by atoms with Crippen LogP contribution in [-0.4, -0.2) is 23.0 Å². The lowest BCUT2D eigenvalue weighted by molar-refractivity contribution is -0.124. The van der Waals surface area contributed by atoms with Gasteiger partial charge in [-0.3, -0.25) is 4.79 Å². The van der Waals surface area contributed by atoms with Gasteiger partial charge < -0.3 is 16.3 Å². The fraction of sp³-hybridized carbons (Fsp3) is 0.800. The van der Waals surface area contributed by atoms with Gasteiger partial charge in [0.25, 0.3) is 0 Å². The van der Waals surface area contributed by atoms with Crippen molar-refractivity contribution in [1.29, 1.82) is 0 Å². The molecule has 0 aromatic rings. The Kier molecular flexibility index (Phi) is 4.58. The van der Waals surface area contributed by atoms with Gasteiger partial charge in [-0.2, -0.15) is 0 Å². The number of nitrogens with one attached hydrogen (secondary N) is 1. The molecule has 0 fully saturated rings. The van der Waals surface area contributed by atoms with E-state index in [0.717, 1.165) is 0 Å². The minimum absolute atomic E-state index is 0.0134. The van der Waals surface area contributed by atoms with E-state index in [1.807, 2.05) is 27.7 Å². The molecule has 0 aromatic carbocycles. The Morgan fingerprint density at radius 3 is 2.20 bits per heavy atom. The predicted octanol–water partition coefficient (Wildman–Crippen LogP) is 0.920. The van der Waals surface area contributed by atoms with Gasteiger partial charge in [0.15, 0.2) is 5.84 Å². The first-order chi connectivity index (χ1) is 6.70. The maximum absolute atomic E-state index is 11.6. The molecule has 1 amide bonds. The lowest BCUT2D eigenvalue weighted by Crippen LogP contribution is -2.46. The van der Waals surface area contributed by atoms with Crippen molar-refractivity contribution in [2.45, 2.75) is 40.7 Å². The third kappa shape index (κ3) is 4.18. The zero-order valence-corrected chi connectivity index (χ0v) is 10.0. The van der Waals surface area contributed by atoms with Gasteiger partial charge in [0.1, 0.15) is 0 Å². The van der Waals surface area contributed by atoms with E-state index in [2.05, 4.69) is 10.5 Å². The molecule has 88 valence electrons. The van der Waals surface area contributed by atoms with Gasteiger partial charge in [0, 0.05) is 6.04 Å². The molecule has 2 atom stereocenters.